The molecular weight excluding hydrogens is 488 g/mol. The number of rotatable bonds is 14. The third-order valence-corrected chi connectivity index (χ3v) is 6.60. The molecule has 8 heteroatoms. The van der Waals surface area contributed by atoms with Crippen molar-refractivity contribution in [2.75, 3.05) is 26.4 Å². The minimum atomic E-state index is -1.37. The number of benzene rings is 1. The van der Waals surface area contributed by atoms with Crippen molar-refractivity contribution in [1.29, 1.82) is 0 Å². The van der Waals surface area contributed by atoms with Crippen molar-refractivity contribution in [3.8, 4) is 5.75 Å². The molecule has 1 aromatic carbocycles. The van der Waals surface area contributed by atoms with Crippen LogP contribution in [0.25, 0.3) is 0 Å². The van der Waals surface area contributed by atoms with Crippen molar-refractivity contribution < 1.29 is 39.7 Å². The van der Waals surface area contributed by atoms with E-state index in [0.29, 0.717) is 18.6 Å². The van der Waals surface area contributed by atoms with Gasteiger partial charge in [0, 0.05) is 6.61 Å². The average Bonchev–Trinajstić information content (AvgIpc) is 2.86. The van der Waals surface area contributed by atoms with Crippen LogP contribution in [0, 0.1) is 5.41 Å². The molecule has 8 nitrogen and oxygen atoms in total. The van der Waals surface area contributed by atoms with E-state index in [0.717, 1.165) is 31.4 Å². The van der Waals surface area contributed by atoms with E-state index in [-0.39, 0.29) is 12.0 Å². The molecule has 5 N–H and O–H groups in total. The molecule has 0 amide bonds. The van der Waals surface area contributed by atoms with Gasteiger partial charge in [-0.25, -0.2) is 0 Å². The minimum absolute atomic E-state index is 0.0528. The summed E-state index contributed by atoms with van der Waals surface area (Å²) < 4.78 is 16.0. The lowest BCUT2D eigenvalue weighted by atomic mass is 9.72. The number of aliphatic hydroxyl groups is 5. The predicted molar refractivity (Wildman–Crippen MR) is 149 cm³/mol. The fourth-order valence-corrected chi connectivity index (χ4v) is 4.88. The Morgan fingerprint density at radius 2 is 1.39 bits per heavy atom. The minimum Gasteiger partial charge on any atom is -0.491 e. The van der Waals surface area contributed by atoms with E-state index in [1.807, 2.05) is 12.1 Å². The van der Waals surface area contributed by atoms with E-state index in [2.05, 4.69) is 53.7 Å². The molecule has 0 bridgehead atoms. The topological polar surface area (TPSA) is 129 Å². The summed E-state index contributed by atoms with van der Waals surface area (Å²) in [5, 5.41) is 46.7. The fourth-order valence-electron chi connectivity index (χ4n) is 4.88. The van der Waals surface area contributed by atoms with Gasteiger partial charge in [0.1, 0.15) is 36.8 Å². The van der Waals surface area contributed by atoms with Crippen molar-refractivity contribution >= 4 is 0 Å². The molecule has 1 aliphatic rings. The molecule has 5 atom stereocenters. The Hall–Kier alpha value is -1.26. The van der Waals surface area contributed by atoms with Gasteiger partial charge in [0.15, 0.2) is 6.29 Å². The molecule has 0 unspecified atom stereocenters. The first-order valence-electron chi connectivity index (χ1n) is 14.1. The van der Waals surface area contributed by atoms with E-state index >= 15 is 0 Å². The lowest BCUT2D eigenvalue weighted by Crippen LogP contribution is -2.59. The highest BCUT2D eigenvalue weighted by Crippen LogP contribution is 2.36. The Bertz CT molecular complexity index is 729. The third kappa shape index (κ3) is 12.7. The highest BCUT2D eigenvalue weighted by molar-refractivity contribution is 5.31. The monoisotopic (exact) mass is 542 g/mol. The van der Waals surface area contributed by atoms with Gasteiger partial charge in [-0.3, -0.25) is 0 Å². The van der Waals surface area contributed by atoms with Crippen LogP contribution in [-0.4, -0.2) is 82.7 Å². The number of unbranched alkanes of at least 4 members (excludes halogenated alkanes) is 5. The Morgan fingerprint density at radius 3 is 1.95 bits per heavy atom. The quantitative estimate of drug-likeness (QED) is 0.224. The molecule has 1 aliphatic heterocycles. The van der Waals surface area contributed by atoms with Crippen LogP contribution in [0.15, 0.2) is 24.3 Å². The first-order valence-corrected chi connectivity index (χ1v) is 14.1. The second-order valence-corrected chi connectivity index (χ2v) is 12.1. The maximum absolute atomic E-state index is 9.75. The van der Waals surface area contributed by atoms with Gasteiger partial charge in [-0.05, 0) is 41.4 Å². The molecule has 0 radical (unpaired) electrons. The summed E-state index contributed by atoms with van der Waals surface area (Å²) in [5.74, 6) is 0.819. The maximum Gasteiger partial charge on any atom is 0.186 e. The summed E-state index contributed by atoms with van der Waals surface area (Å²) in [5.41, 5.74) is 1.80. The summed E-state index contributed by atoms with van der Waals surface area (Å²) >= 11 is 0. The molecule has 1 aromatic rings. The number of aliphatic hydroxyl groups excluding tert-OH is 5. The van der Waals surface area contributed by atoms with Crippen LogP contribution in [0.2, 0.25) is 0 Å². The Morgan fingerprint density at radius 1 is 0.789 bits per heavy atom. The summed E-state index contributed by atoms with van der Waals surface area (Å²) in [7, 11) is 0. The normalized spacial score (nSPS) is 24.0. The number of hydrogen-bond donors (Lipinski definition) is 5. The Balaban J connectivity index is 0.000000382. The zero-order chi connectivity index (χ0) is 28.8. The van der Waals surface area contributed by atoms with Gasteiger partial charge in [0.05, 0.1) is 13.2 Å². The summed E-state index contributed by atoms with van der Waals surface area (Å²) in [6.45, 7) is 13.9. The van der Waals surface area contributed by atoms with Crippen LogP contribution in [0.4, 0.5) is 0 Å². The molecule has 1 fully saturated rings. The molecule has 38 heavy (non-hydrogen) atoms. The van der Waals surface area contributed by atoms with Crippen LogP contribution < -0.4 is 4.74 Å². The summed E-state index contributed by atoms with van der Waals surface area (Å²) in [4.78, 5) is 0. The van der Waals surface area contributed by atoms with Gasteiger partial charge in [-0.2, -0.15) is 0 Å². The van der Waals surface area contributed by atoms with Crippen molar-refractivity contribution in [3.63, 3.8) is 0 Å². The van der Waals surface area contributed by atoms with Gasteiger partial charge >= 0.3 is 0 Å². The zero-order valence-electron chi connectivity index (χ0n) is 24.4. The van der Waals surface area contributed by atoms with Crippen molar-refractivity contribution in [2.24, 2.45) is 5.41 Å². The number of ether oxygens (including phenoxy) is 3. The van der Waals surface area contributed by atoms with E-state index in [4.69, 9.17) is 24.4 Å². The Labute approximate surface area is 230 Å². The standard InChI is InChI=1S/C16H26O2.C14H28O6/c1-15(2,3)12-16(4,5)13-6-8-14(9-7-13)18-11-10-17;1-2-3-4-5-6-7-8-19-14-13(18)12(17)11(16)10(9-15)20-14/h6-9,17H,10-12H2,1-5H3;10-18H,2-9H2,1H3/t;10-,11-,12+,13-,14-/m.1/s1. The van der Waals surface area contributed by atoms with Crippen molar-refractivity contribution in [1.82, 2.24) is 0 Å². The predicted octanol–water partition coefficient (Wildman–Crippen LogP) is 3.93. The SMILES string of the molecule is CC(C)(C)CC(C)(C)c1ccc(OCCO)cc1.CCCCCCCCO[C@@H]1O[C@H](CO)[C@@H](O)[C@H](O)[C@H]1O. The van der Waals surface area contributed by atoms with Crippen molar-refractivity contribution in [2.45, 2.75) is 123 Å². The first kappa shape index (κ1) is 34.8. The van der Waals surface area contributed by atoms with Gasteiger partial charge in [-0.1, -0.05) is 85.8 Å². The molecule has 0 aromatic heterocycles. The summed E-state index contributed by atoms with van der Waals surface area (Å²) in [6.07, 6.45) is 1.99. The first-order chi connectivity index (χ1) is 17.9. The van der Waals surface area contributed by atoms with Crippen LogP contribution in [0.3, 0.4) is 0 Å². The smallest absolute Gasteiger partial charge is 0.186 e. The Kier molecular flexibility index (Phi) is 16.0. The largest absolute Gasteiger partial charge is 0.491 e. The van der Waals surface area contributed by atoms with E-state index < -0.39 is 37.3 Å². The third-order valence-electron chi connectivity index (χ3n) is 6.60. The van der Waals surface area contributed by atoms with E-state index in [9.17, 15) is 15.3 Å². The molecule has 2 rings (SSSR count). The molecule has 0 aliphatic carbocycles. The average molecular weight is 543 g/mol. The molecule has 1 saturated heterocycles. The van der Waals surface area contributed by atoms with E-state index in [1.165, 1.54) is 24.8 Å². The van der Waals surface area contributed by atoms with Crippen LogP contribution in [-0.2, 0) is 14.9 Å². The zero-order valence-corrected chi connectivity index (χ0v) is 24.4. The van der Waals surface area contributed by atoms with Crippen LogP contribution >= 0.6 is 0 Å². The highest BCUT2D eigenvalue weighted by Gasteiger charge is 2.43. The van der Waals surface area contributed by atoms with Gasteiger partial charge < -0.3 is 39.7 Å². The van der Waals surface area contributed by atoms with Gasteiger partial charge in [0.25, 0.3) is 0 Å². The van der Waals surface area contributed by atoms with Gasteiger partial charge in [-0.15, -0.1) is 0 Å². The van der Waals surface area contributed by atoms with E-state index in [1.54, 1.807) is 0 Å². The second-order valence-electron chi connectivity index (χ2n) is 12.1. The number of hydrogen-bond acceptors (Lipinski definition) is 8. The highest BCUT2D eigenvalue weighted by atomic mass is 16.7. The maximum atomic E-state index is 9.75. The molecule has 1 heterocycles. The lowest BCUT2D eigenvalue weighted by Gasteiger charge is -2.39. The fraction of sp³-hybridized carbons (Fsp3) is 0.800. The second kappa shape index (κ2) is 17.4. The molecule has 0 saturated carbocycles. The van der Waals surface area contributed by atoms with Crippen molar-refractivity contribution in [3.05, 3.63) is 29.8 Å². The molecule has 222 valence electrons. The van der Waals surface area contributed by atoms with Crippen LogP contribution in [0.1, 0.15) is 92.1 Å². The molecular formula is C30H54O8. The van der Waals surface area contributed by atoms with Gasteiger partial charge in [0.2, 0.25) is 0 Å². The summed E-state index contributed by atoms with van der Waals surface area (Å²) in [6, 6.07) is 8.21. The molecule has 0 spiro atoms. The lowest BCUT2D eigenvalue weighted by molar-refractivity contribution is -0.301. The van der Waals surface area contributed by atoms with Crippen LogP contribution in [0.5, 0.6) is 5.75 Å².